The summed E-state index contributed by atoms with van der Waals surface area (Å²) in [7, 11) is 0. The quantitative estimate of drug-likeness (QED) is 0.658. The summed E-state index contributed by atoms with van der Waals surface area (Å²) in [6.45, 7) is 4.25. The number of aromatic nitrogens is 2. The van der Waals surface area contributed by atoms with Crippen LogP contribution >= 0.6 is 0 Å². The first-order valence-corrected chi connectivity index (χ1v) is 4.17. The molecule has 60 valence electrons. The van der Waals surface area contributed by atoms with Gasteiger partial charge < -0.3 is 0 Å². The molecule has 0 amide bonds. The van der Waals surface area contributed by atoms with Crippen LogP contribution in [0.25, 0.3) is 0 Å². The van der Waals surface area contributed by atoms with Gasteiger partial charge in [-0.05, 0) is 18.9 Å². The van der Waals surface area contributed by atoms with Gasteiger partial charge >= 0.3 is 0 Å². The van der Waals surface area contributed by atoms with Crippen molar-refractivity contribution in [3.8, 4) is 0 Å². The summed E-state index contributed by atoms with van der Waals surface area (Å²) in [6, 6.07) is 1.97. The molecule has 0 atom stereocenters. The second kappa shape index (κ2) is 4.06. The van der Waals surface area contributed by atoms with E-state index in [0.29, 0.717) is 0 Å². The van der Waals surface area contributed by atoms with E-state index < -0.39 is 0 Å². The molecule has 0 aliphatic heterocycles. The minimum Gasteiger partial charge on any atom is -0.241 e. The van der Waals surface area contributed by atoms with E-state index in [-0.39, 0.29) is 0 Å². The van der Waals surface area contributed by atoms with Crippen molar-refractivity contribution < 1.29 is 0 Å². The third-order valence-corrected chi connectivity index (χ3v) is 1.60. The fourth-order valence-corrected chi connectivity index (χ4v) is 0.982. The Balaban J connectivity index is 2.74. The van der Waals surface area contributed by atoms with Crippen molar-refractivity contribution in [2.75, 3.05) is 0 Å². The van der Waals surface area contributed by atoms with E-state index >= 15 is 0 Å². The summed E-state index contributed by atoms with van der Waals surface area (Å²) in [5, 5.41) is 0. The molecular formula is C9H14N2. The predicted molar refractivity (Wildman–Crippen MR) is 45.4 cm³/mol. The molecule has 0 bridgehead atoms. The zero-order chi connectivity index (χ0) is 8.10. The Labute approximate surface area is 67.7 Å². The largest absolute Gasteiger partial charge is 0.241 e. The van der Waals surface area contributed by atoms with Crippen molar-refractivity contribution in [1.82, 2.24) is 9.97 Å². The highest BCUT2D eigenvalue weighted by atomic mass is 14.9. The van der Waals surface area contributed by atoms with Crippen LogP contribution in [0.4, 0.5) is 0 Å². The molecule has 1 aromatic heterocycles. The number of aryl methyl sites for hydroxylation is 2. The third-order valence-electron chi connectivity index (χ3n) is 1.60. The molecule has 0 radical (unpaired) electrons. The molecule has 1 aromatic rings. The van der Waals surface area contributed by atoms with Gasteiger partial charge in [-0.15, -0.1) is 0 Å². The first-order valence-electron chi connectivity index (χ1n) is 4.17. The molecule has 0 aromatic carbocycles. The molecule has 2 heteroatoms. The first kappa shape index (κ1) is 8.18. The van der Waals surface area contributed by atoms with Gasteiger partial charge in [-0.3, -0.25) is 0 Å². The van der Waals surface area contributed by atoms with E-state index in [0.717, 1.165) is 30.8 Å². The smallest absolute Gasteiger partial charge is 0.128 e. The molecular weight excluding hydrogens is 136 g/mol. The van der Waals surface area contributed by atoms with E-state index in [1.165, 1.54) is 0 Å². The van der Waals surface area contributed by atoms with Crippen molar-refractivity contribution in [3.05, 3.63) is 23.8 Å². The van der Waals surface area contributed by atoms with Gasteiger partial charge in [-0.2, -0.15) is 0 Å². The van der Waals surface area contributed by atoms with E-state index in [4.69, 9.17) is 0 Å². The average molecular weight is 150 g/mol. The Morgan fingerprint density at radius 2 is 2.18 bits per heavy atom. The molecule has 11 heavy (non-hydrogen) atoms. The van der Waals surface area contributed by atoms with Gasteiger partial charge in [-0.25, -0.2) is 9.97 Å². The van der Waals surface area contributed by atoms with E-state index in [9.17, 15) is 0 Å². The molecule has 1 rings (SSSR count). The van der Waals surface area contributed by atoms with E-state index in [1.54, 1.807) is 0 Å². The maximum Gasteiger partial charge on any atom is 0.128 e. The third kappa shape index (κ3) is 2.30. The highest BCUT2D eigenvalue weighted by molar-refractivity contribution is 5.01. The number of hydrogen-bond donors (Lipinski definition) is 0. The number of nitrogens with zero attached hydrogens (tertiary/aromatic N) is 2. The second-order valence-corrected chi connectivity index (χ2v) is 2.57. The monoisotopic (exact) mass is 150 g/mol. The Morgan fingerprint density at radius 3 is 2.82 bits per heavy atom. The number of rotatable bonds is 3. The van der Waals surface area contributed by atoms with Gasteiger partial charge in [0.2, 0.25) is 0 Å². The minimum atomic E-state index is 0.979. The van der Waals surface area contributed by atoms with Gasteiger partial charge in [-0.1, -0.05) is 13.8 Å². The van der Waals surface area contributed by atoms with E-state index in [2.05, 4.69) is 23.8 Å². The van der Waals surface area contributed by atoms with Crippen LogP contribution in [-0.2, 0) is 12.8 Å². The normalized spacial score (nSPS) is 10.0. The molecule has 0 fully saturated rings. The van der Waals surface area contributed by atoms with Crippen LogP contribution in [0.2, 0.25) is 0 Å². The molecule has 0 N–H and O–H groups in total. The maximum absolute atomic E-state index is 4.37. The molecule has 0 spiro atoms. The molecule has 0 aliphatic rings. The summed E-state index contributed by atoms with van der Waals surface area (Å²) in [6.07, 6.45) is 4.96. The Morgan fingerprint density at radius 1 is 1.36 bits per heavy atom. The van der Waals surface area contributed by atoms with Gasteiger partial charge in [0.25, 0.3) is 0 Å². The number of hydrogen-bond acceptors (Lipinski definition) is 2. The van der Waals surface area contributed by atoms with Gasteiger partial charge in [0.05, 0.1) is 0 Å². The summed E-state index contributed by atoms with van der Waals surface area (Å²) >= 11 is 0. The zero-order valence-corrected chi connectivity index (χ0v) is 7.17. The maximum atomic E-state index is 4.37. The highest BCUT2D eigenvalue weighted by Crippen LogP contribution is 1.98. The summed E-state index contributed by atoms with van der Waals surface area (Å²) < 4.78 is 0. The fraction of sp³-hybridized carbons (Fsp3) is 0.556. The Kier molecular flexibility index (Phi) is 3.02. The molecule has 0 aliphatic carbocycles. The lowest BCUT2D eigenvalue weighted by Crippen LogP contribution is -1.96. The van der Waals surface area contributed by atoms with Crippen LogP contribution < -0.4 is 0 Å². The van der Waals surface area contributed by atoms with Gasteiger partial charge in [0.15, 0.2) is 0 Å². The van der Waals surface area contributed by atoms with Crippen LogP contribution in [0.15, 0.2) is 12.3 Å². The topological polar surface area (TPSA) is 25.8 Å². The lowest BCUT2D eigenvalue weighted by Gasteiger charge is -1.98. The summed E-state index contributed by atoms with van der Waals surface area (Å²) in [4.78, 5) is 8.54. The highest BCUT2D eigenvalue weighted by Gasteiger charge is 1.94. The van der Waals surface area contributed by atoms with Crippen LogP contribution in [0.1, 0.15) is 31.8 Å². The van der Waals surface area contributed by atoms with Crippen LogP contribution in [-0.4, -0.2) is 9.97 Å². The molecule has 0 unspecified atom stereocenters. The summed E-state index contributed by atoms with van der Waals surface area (Å²) in [5.41, 5.74) is 1.14. The average Bonchev–Trinajstić information content (AvgIpc) is 2.06. The zero-order valence-electron chi connectivity index (χ0n) is 7.17. The first-order chi connectivity index (χ1) is 5.36. The standard InChI is InChI=1S/C9H14N2/c1-3-5-9-10-7-6-8(4-2)11-9/h6-7H,3-5H2,1-2H3. The molecule has 2 nitrogen and oxygen atoms in total. The fourth-order valence-electron chi connectivity index (χ4n) is 0.982. The predicted octanol–water partition coefficient (Wildman–Crippen LogP) is 1.99. The van der Waals surface area contributed by atoms with Crippen molar-refractivity contribution in [2.24, 2.45) is 0 Å². The van der Waals surface area contributed by atoms with Gasteiger partial charge in [0, 0.05) is 18.3 Å². The lowest BCUT2D eigenvalue weighted by atomic mass is 10.3. The van der Waals surface area contributed by atoms with Crippen molar-refractivity contribution in [3.63, 3.8) is 0 Å². The van der Waals surface area contributed by atoms with Crippen LogP contribution in [0.5, 0.6) is 0 Å². The van der Waals surface area contributed by atoms with Crippen molar-refractivity contribution in [1.29, 1.82) is 0 Å². The van der Waals surface area contributed by atoms with E-state index in [1.807, 2.05) is 12.3 Å². The SMILES string of the molecule is CCCc1nccc(CC)n1. The van der Waals surface area contributed by atoms with Crippen LogP contribution in [0, 0.1) is 0 Å². The second-order valence-electron chi connectivity index (χ2n) is 2.57. The minimum absolute atomic E-state index is 0.979. The molecule has 1 heterocycles. The summed E-state index contributed by atoms with van der Waals surface area (Å²) in [5.74, 6) is 0.979. The Bertz CT molecular complexity index is 221. The van der Waals surface area contributed by atoms with Crippen LogP contribution in [0.3, 0.4) is 0 Å². The van der Waals surface area contributed by atoms with Crippen molar-refractivity contribution >= 4 is 0 Å². The van der Waals surface area contributed by atoms with Gasteiger partial charge in [0.1, 0.15) is 5.82 Å². The molecule has 0 saturated heterocycles. The molecule has 0 saturated carbocycles. The van der Waals surface area contributed by atoms with Crippen molar-refractivity contribution in [2.45, 2.75) is 33.1 Å². The Hall–Kier alpha value is -0.920. The lowest BCUT2D eigenvalue weighted by molar-refractivity contribution is 0.813.